The van der Waals surface area contributed by atoms with Crippen LogP contribution in [0.5, 0.6) is 0 Å². The van der Waals surface area contributed by atoms with Crippen LogP contribution in [0, 0.1) is 5.92 Å². The van der Waals surface area contributed by atoms with Gasteiger partial charge in [0.1, 0.15) is 10.7 Å². The minimum absolute atomic E-state index is 0.0117. The Hall–Kier alpha value is -2.41. The molecule has 0 atom stereocenters. The molecular formula is C18H21N3O3S. The molecule has 0 bridgehead atoms. The van der Waals surface area contributed by atoms with Crippen LogP contribution in [0.15, 0.2) is 30.3 Å². The van der Waals surface area contributed by atoms with E-state index in [-0.39, 0.29) is 11.8 Å². The average Bonchev–Trinajstić information content (AvgIpc) is 3.05. The zero-order valence-electron chi connectivity index (χ0n) is 14.1. The maximum absolute atomic E-state index is 12.4. The summed E-state index contributed by atoms with van der Waals surface area (Å²) in [5, 5.41) is 6.62. The van der Waals surface area contributed by atoms with Crippen LogP contribution in [-0.2, 0) is 9.53 Å². The van der Waals surface area contributed by atoms with Gasteiger partial charge in [-0.15, -0.1) is 0 Å². The highest BCUT2D eigenvalue weighted by atomic mass is 32.1. The third-order valence-corrected chi connectivity index (χ3v) is 5.17. The summed E-state index contributed by atoms with van der Waals surface area (Å²) in [6, 6.07) is 9.53. The van der Waals surface area contributed by atoms with Crippen molar-refractivity contribution in [2.45, 2.75) is 32.1 Å². The summed E-state index contributed by atoms with van der Waals surface area (Å²) in [5.74, 6) is 0.0625. The molecule has 0 radical (unpaired) electrons. The zero-order chi connectivity index (χ0) is 17.6. The fourth-order valence-corrected chi connectivity index (χ4v) is 3.84. The first-order chi connectivity index (χ1) is 12.2. The van der Waals surface area contributed by atoms with Crippen LogP contribution in [0.1, 0.15) is 32.1 Å². The zero-order valence-corrected chi connectivity index (χ0v) is 14.9. The van der Waals surface area contributed by atoms with Gasteiger partial charge >= 0.3 is 6.09 Å². The van der Waals surface area contributed by atoms with Gasteiger partial charge in [0, 0.05) is 11.5 Å². The maximum Gasteiger partial charge on any atom is 0.412 e. The number of anilines is 2. The Morgan fingerprint density at radius 3 is 2.52 bits per heavy atom. The molecule has 1 heterocycles. The molecule has 1 saturated carbocycles. The molecular weight excluding hydrogens is 338 g/mol. The molecule has 1 aromatic carbocycles. The van der Waals surface area contributed by atoms with Gasteiger partial charge in [0.05, 0.1) is 7.11 Å². The van der Waals surface area contributed by atoms with E-state index in [9.17, 15) is 9.59 Å². The summed E-state index contributed by atoms with van der Waals surface area (Å²) in [6.07, 6.45) is 4.69. The van der Waals surface area contributed by atoms with E-state index in [2.05, 4.69) is 20.4 Å². The lowest BCUT2D eigenvalue weighted by atomic mass is 9.89. The standard InChI is InChI=1S/C18H21N3O3S/c1-24-18(23)21-16-14(12-8-4-2-5-9-12)19-17(25-16)20-15(22)13-10-6-3-7-11-13/h2,4-5,8-9,13H,3,6-7,10-11H2,1H3,(H,21,23)(H,19,20,22). The van der Waals surface area contributed by atoms with Crippen LogP contribution >= 0.6 is 11.3 Å². The Balaban J connectivity index is 1.82. The molecule has 1 fully saturated rings. The number of hydrogen-bond acceptors (Lipinski definition) is 5. The molecule has 132 valence electrons. The highest BCUT2D eigenvalue weighted by Gasteiger charge is 2.23. The monoisotopic (exact) mass is 359 g/mol. The Morgan fingerprint density at radius 2 is 1.84 bits per heavy atom. The van der Waals surface area contributed by atoms with E-state index in [0.29, 0.717) is 15.8 Å². The number of carbonyl (C=O) groups is 2. The number of aromatic nitrogens is 1. The third kappa shape index (κ3) is 4.36. The SMILES string of the molecule is COC(=O)Nc1sc(NC(=O)C2CCCCC2)nc1-c1ccccc1. The lowest BCUT2D eigenvalue weighted by Crippen LogP contribution is -2.24. The van der Waals surface area contributed by atoms with E-state index >= 15 is 0 Å². The van der Waals surface area contributed by atoms with E-state index < -0.39 is 6.09 Å². The van der Waals surface area contributed by atoms with E-state index in [0.717, 1.165) is 31.2 Å². The molecule has 1 aromatic heterocycles. The van der Waals surface area contributed by atoms with Gasteiger partial charge in [0.15, 0.2) is 5.13 Å². The first kappa shape index (κ1) is 17.4. The molecule has 0 aliphatic heterocycles. The molecule has 0 unspecified atom stereocenters. The molecule has 2 aromatic rings. The second-order valence-corrected chi connectivity index (χ2v) is 7.00. The van der Waals surface area contributed by atoms with Gasteiger partial charge in [0.2, 0.25) is 5.91 Å². The van der Waals surface area contributed by atoms with Crippen molar-refractivity contribution in [3.8, 4) is 11.3 Å². The van der Waals surface area contributed by atoms with E-state index in [1.54, 1.807) is 0 Å². The van der Waals surface area contributed by atoms with Gasteiger partial charge in [-0.2, -0.15) is 0 Å². The number of nitrogens with one attached hydrogen (secondary N) is 2. The fourth-order valence-electron chi connectivity index (χ4n) is 2.97. The quantitative estimate of drug-likeness (QED) is 0.842. The molecule has 2 N–H and O–H groups in total. The molecule has 2 amide bonds. The molecule has 6 nitrogen and oxygen atoms in total. The summed E-state index contributed by atoms with van der Waals surface area (Å²) in [6.45, 7) is 0. The number of ether oxygens (including phenoxy) is 1. The van der Waals surface area contributed by atoms with Gasteiger partial charge in [-0.25, -0.2) is 9.78 Å². The van der Waals surface area contributed by atoms with E-state index in [4.69, 9.17) is 0 Å². The van der Waals surface area contributed by atoms with Crippen molar-refractivity contribution in [2.24, 2.45) is 5.92 Å². The number of hydrogen-bond donors (Lipinski definition) is 2. The van der Waals surface area contributed by atoms with Crippen molar-refractivity contribution >= 4 is 33.5 Å². The summed E-state index contributed by atoms with van der Waals surface area (Å²) >= 11 is 1.24. The first-order valence-corrected chi connectivity index (χ1v) is 9.21. The highest BCUT2D eigenvalue weighted by molar-refractivity contribution is 7.20. The topological polar surface area (TPSA) is 80.3 Å². The molecule has 25 heavy (non-hydrogen) atoms. The van der Waals surface area contributed by atoms with E-state index in [1.165, 1.54) is 24.9 Å². The average molecular weight is 359 g/mol. The number of carbonyl (C=O) groups excluding carboxylic acids is 2. The number of benzene rings is 1. The Kier molecular flexibility index (Phi) is 5.65. The fraction of sp³-hybridized carbons (Fsp3) is 0.389. The number of rotatable bonds is 4. The lowest BCUT2D eigenvalue weighted by molar-refractivity contribution is -0.120. The minimum Gasteiger partial charge on any atom is -0.453 e. The van der Waals surface area contributed by atoms with Crippen molar-refractivity contribution in [1.29, 1.82) is 0 Å². The maximum atomic E-state index is 12.4. The smallest absolute Gasteiger partial charge is 0.412 e. The molecule has 7 heteroatoms. The van der Waals surface area contributed by atoms with Crippen LogP contribution in [0.4, 0.5) is 14.9 Å². The predicted octanol–water partition coefficient (Wildman–Crippen LogP) is 4.51. The van der Waals surface area contributed by atoms with Gasteiger partial charge in [-0.1, -0.05) is 60.9 Å². The van der Waals surface area contributed by atoms with Crippen LogP contribution in [0.25, 0.3) is 11.3 Å². The van der Waals surface area contributed by atoms with Crippen LogP contribution in [-0.4, -0.2) is 24.1 Å². The van der Waals surface area contributed by atoms with Crippen molar-refractivity contribution in [3.05, 3.63) is 30.3 Å². The van der Waals surface area contributed by atoms with Crippen LogP contribution in [0.3, 0.4) is 0 Å². The van der Waals surface area contributed by atoms with E-state index in [1.807, 2.05) is 30.3 Å². The van der Waals surface area contributed by atoms with Gasteiger partial charge in [-0.3, -0.25) is 10.1 Å². The normalized spacial score (nSPS) is 14.8. The molecule has 3 rings (SSSR count). The predicted molar refractivity (Wildman–Crippen MR) is 98.8 cm³/mol. The highest BCUT2D eigenvalue weighted by Crippen LogP contribution is 2.36. The molecule has 1 aliphatic rings. The van der Waals surface area contributed by atoms with Crippen LogP contribution < -0.4 is 10.6 Å². The third-order valence-electron chi connectivity index (χ3n) is 4.28. The second kappa shape index (κ2) is 8.11. The lowest BCUT2D eigenvalue weighted by Gasteiger charge is -2.19. The second-order valence-electron chi connectivity index (χ2n) is 6.00. The summed E-state index contributed by atoms with van der Waals surface area (Å²) < 4.78 is 4.67. The van der Waals surface area contributed by atoms with Gasteiger partial charge in [-0.05, 0) is 12.8 Å². The minimum atomic E-state index is -0.564. The number of nitrogens with zero attached hydrogens (tertiary/aromatic N) is 1. The van der Waals surface area contributed by atoms with Crippen molar-refractivity contribution in [2.75, 3.05) is 17.7 Å². The van der Waals surface area contributed by atoms with Gasteiger partial charge < -0.3 is 10.1 Å². The first-order valence-electron chi connectivity index (χ1n) is 8.39. The van der Waals surface area contributed by atoms with Gasteiger partial charge in [0.25, 0.3) is 0 Å². The Labute approximate surface area is 150 Å². The summed E-state index contributed by atoms with van der Waals surface area (Å²) in [4.78, 5) is 28.6. The largest absolute Gasteiger partial charge is 0.453 e. The Morgan fingerprint density at radius 1 is 1.12 bits per heavy atom. The van der Waals surface area contributed by atoms with Crippen molar-refractivity contribution in [3.63, 3.8) is 0 Å². The number of amides is 2. The summed E-state index contributed by atoms with van der Waals surface area (Å²) in [5.41, 5.74) is 1.48. The van der Waals surface area contributed by atoms with Crippen LogP contribution in [0.2, 0.25) is 0 Å². The van der Waals surface area contributed by atoms with Crippen molar-refractivity contribution < 1.29 is 14.3 Å². The number of methoxy groups -OCH3 is 1. The Bertz CT molecular complexity index is 739. The molecule has 0 spiro atoms. The van der Waals surface area contributed by atoms with Crippen molar-refractivity contribution in [1.82, 2.24) is 4.98 Å². The number of thiazole rings is 1. The molecule has 0 saturated heterocycles. The molecule has 1 aliphatic carbocycles. The summed E-state index contributed by atoms with van der Waals surface area (Å²) in [7, 11) is 1.31.